The monoisotopic (exact) mass is 475 g/mol. The zero-order valence-corrected chi connectivity index (χ0v) is 19.6. The summed E-state index contributed by atoms with van der Waals surface area (Å²) < 4.78 is 1.58. The van der Waals surface area contributed by atoms with Crippen molar-refractivity contribution in [2.45, 2.75) is 36.2 Å². The number of para-hydroxylation sites is 1. The van der Waals surface area contributed by atoms with Crippen LogP contribution in [0.4, 0.5) is 0 Å². The molecule has 33 heavy (non-hydrogen) atoms. The van der Waals surface area contributed by atoms with Gasteiger partial charge < -0.3 is 5.32 Å². The van der Waals surface area contributed by atoms with E-state index in [0.29, 0.717) is 26.8 Å². The van der Waals surface area contributed by atoms with E-state index >= 15 is 0 Å². The molecule has 1 aliphatic rings. The van der Waals surface area contributed by atoms with Crippen molar-refractivity contribution in [1.29, 1.82) is 0 Å². The normalized spacial score (nSPS) is 14.2. The summed E-state index contributed by atoms with van der Waals surface area (Å²) in [5.74, 6) is -0.0783. The van der Waals surface area contributed by atoms with Crippen molar-refractivity contribution in [2.24, 2.45) is 0 Å². The van der Waals surface area contributed by atoms with Crippen LogP contribution in [0.25, 0.3) is 16.6 Å². The van der Waals surface area contributed by atoms with Crippen LogP contribution in [-0.2, 0) is 4.79 Å². The SMILES string of the molecule is Cc1c(Cl)cccc1-n1c(SC(C(=O)NC2CC2)c2ccccc2)nc2ccccc2c1=O. The minimum atomic E-state index is -0.550. The van der Waals surface area contributed by atoms with Crippen LogP contribution in [0.15, 0.2) is 82.7 Å². The van der Waals surface area contributed by atoms with Crippen molar-refractivity contribution in [3.8, 4) is 5.69 Å². The van der Waals surface area contributed by atoms with Gasteiger partial charge in [-0.1, -0.05) is 71.9 Å². The molecular formula is C26H22ClN3O2S. The van der Waals surface area contributed by atoms with E-state index in [1.807, 2.05) is 67.6 Å². The lowest BCUT2D eigenvalue weighted by Gasteiger charge is -2.20. The Labute approximate surface area is 200 Å². The molecule has 1 amide bonds. The largest absolute Gasteiger partial charge is 0.352 e. The maximum absolute atomic E-state index is 13.7. The maximum Gasteiger partial charge on any atom is 0.266 e. The first-order chi connectivity index (χ1) is 16.0. The molecule has 1 N–H and O–H groups in total. The molecule has 4 aromatic rings. The number of aromatic nitrogens is 2. The number of amides is 1. The molecular weight excluding hydrogens is 454 g/mol. The molecule has 1 fully saturated rings. The van der Waals surface area contributed by atoms with E-state index < -0.39 is 5.25 Å². The average molecular weight is 476 g/mol. The Hall–Kier alpha value is -3.09. The van der Waals surface area contributed by atoms with E-state index in [4.69, 9.17) is 16.6 Å². The Kier molecular flexibility index (Phi) is 5.96. The Bertz CT molecular complexity index is 1400. The third-order valence-electron chi connectivity index (χ3n) is 5.71. The summed E-state index contributed by atoms with van der Waals surface area (Å²) in [5, 5.41) is 4.08. The number of hydrogen-bond donors (Lipinski definition) is 1. The molecule has 3 aromatic carbocycles. The van der Waals surface area contributed by atoms with Gasteiger partial charge in [0.2, 0.25) is 5.91 Å². The van der Waals surface area contributed by atoms with Gasteiger partial charge in [-0.3, -0.25) is 14.2 Å². The molecule has 1 aromatic heterocycles. The smallest absolute Gasteiger partial charge is 0.266 e. The lowest BCUT2D eigenvalue weighted by atomic mass is 10.1. The number of thioether (sulfide) groups is 1. The Morgan fingerprint density at radius 3 is 2.55 bits per heavy atom. The number of carbonyl (C=O) groups is 1. The van der Waals surface area contributed by atoms with E-state index in [9.17, 15) is 9.59 Å². The number of halogens is 1. The summed E-state index contributed by atoms with van der Waals surface area (Å²) >= 11 is 7.68. The number of nitrogens with one attached hydrogen (secondary N) is 1. The second-order valence-electron chi connectivity index (χ2n) is 8.13. The van der Waals surface area contributed by atoms with E-state index in [1.54, 1.807) is 16.7 Å². The predicted octanol–water partition coefficient (Wildman–Crippen LogP) is 5.46. The summed E-state index contributed by atoms with van der Waals surface area (Å²) in [5.41, 5.74) is 2.69. The number of nitrogens with zero attached hydrogens (tertiary/aromatic N) is 2. The van der Waals surface area contributed by atoms with Crippen LogP contribution < -0.4 is 10.9 Å². The first-order valence-electron chi connectivity index (χ1n) is 10.8. The highest BCUT2D eigenvalue weighted by Crippen LogP contribution is 2.37. The summed E-state index contributed by atoms with van der Waals surface area (Å²) in [6.45, 7) is 1.88. The summed E-state index contributed by atoms with van der Waals surface area (Å²) in [6.07, 6.45) is 2.00. The van der Waals surface area contributed by atoms with Crippen molar-refractivity contribution in [1.82, 2.24) is 14.9 Å². The molecule has 7 heteroatoms. The second-order valence-corrected chi connectivity index (χ2v) is 9.61. The molecule has 0 aliphatic heterocycles. The fourth-order valence-electron chi connectivity index (χ4n) is 3.75. The van der Waals surface area contributed by atoms with Gasteiger partial charge in [-0.25, -0.2) is 4.98 Å². The molecule has 0 saturated heterocycles. The van der Waals surface area contributed by atoms with Gasteiger partial charge in [-0.05, 0) is 55.2 Å². The van der Waals surface area contributed by atoms with E-state index in [-0.39, 0.29) is 17.5 Å². The number of benzene rings is 3. The summed E-state index contributed by atoms with van der Waals surface area (Å²) in [6, 6.07) is 22.6. The molecule has 0 bridgehead atoms. The molecule has 1 saturated carbocycles. The highest BCUT2D eigenvalue weighted by atomic mass is 35.5. The van der Waals surface area contributed by atoms with Crippen LogP contribution in [0.5, 0.6) is 0 Å². The predicted molar refractivity (Wildman–Crippen MR) is 133 cm³/mol. The molecule has 1 heterocycles. The van der Waals surface area contributed by atoms with Gasteiger partial charge >= 0.3 is 0 Å². The lowest BCUT2D eigenvalue weighted by molar-refractivity contribution is -0.120. The first kappa shape index (κ1) is 21.7. The van der Waals surface area contributed by atoms with Crippen molar-refractivity contribution in [2.75, 3.05) is 0 Å². The van der Waals surface area contributed by atoms with Crippen molar-refractivity contribution >= 4 is 40.2 Å². The van der Waals surface area contributed by atoms with Gasteiger partial charge in [0.15, 0.2) is 5.16 Å². The van der Waals surface area contributed by atoms with Gasteiger partial charge in [0, 0.05) is 11.1 Å². The molecule has 1 atom stereocenters. The maximum atomic E-state index is 13.7. The third kappa shape index (κ3) is 4.41. The molecule has 5 nitrogen and oxygen atoms in total. The van der Waals surface area contributed by atoms with Gasteiger partial charge in [0.1, 0.15) is 5.25 Å². The zero-order valence-electron chi connectivity index (χ0n) is 18.0. The number of hydrogen-bond acceptors (Lipinski definition) is 4. The molecule has 5 rings (SSSR count). The van der Waals surface area contributed by atoms with Gasteiger partial charge in [0.05, 0.1) is 16.6 Å². The average Bonchev–Trinajstić information content (AvgIpc) is 3.64. The van der Waals surface area contributed by atoms with E-state index in [1.165, 1.54) is 11.8 Å². The zero-order chi connectivity index (χ0) is 22.9. The standard InChI is InChI=1S/C26H22ClN3O2S/c1-16-20(27)11-7-13-22(16)30-25(32)19-10-5-6-12-21(19)29-26(30)33-23(17-8-3-2-4-9-17)24(31)28-18-14-15-18/h2-13,18,23H,14-15H2,1H3,(H,28,31). The lowest BCUT2D eigenvalue weighted by Crippen LogP contribution is -2.30. The third-order valence-corrected chi connectivity index (χ3v) is 7.33. The Morgan fingerprint density at radius 1 is 1.06 bits per heavy atom. The molecule has 166 valence electrons. The van der Waals surface area contributed by atoms with Crippen LogP contribution in [0.3, 0.4) is 0 Å². The van der Waals surface area contributed by atoms with Crippen molar-refractivity contribution < 1.29 is 4.79 Å². The van der Waals surface area contributed by atoms with Gasteiger partial charge in [-0.15, -0.1) is 0 Å². The van der Waals surface area contributed by atoms with Crippen LogP contribution in [0, 0.1) is 6.92 Å². The summed E-state index contributed by atoms with van der Waals surface area (Å²) in [7, 11) is 0. The van der Waals surface area contributed by atoms with Crippen LogP contribution in [-0.4, -0.2) is 21.5 Å². The fourth-order valence-corrected chi connectivity index (χ4v) is 5.04. The first-order valence-corrected chi connectivity index (χ1v) is 12.1. The van der Waals surface area contributed by atoms with E-state index in [2.05, 4.69) is 5.32 Å². The second kappa shape index (κ2) is 9.04. The fraction of sp³-hybridized carbons (Fsp3) is 0.192. The minimum absolute atomic E-state index is 0.0783. The van der Waals surface area contributed by atoms with E-state index in [0.717, 1.165) is 24.0 Å². The highest BCUT2D eigenvalue weighted by molar-refractivity contribution is 8.00. The van der Waals surface area contributed by atoms with Crippen molar-refractivity contribution in [3.05, 3.63) is 99.3 Å². The van der Waals surface area contributed by atoms with Crippen LogP contribution in [0.1, 0.15) is 29.2 Å². The Morgan fingerprint density at radius 2 is 1.79 bits per heavy atom. The molecule has 0 spiro atoms. The highest BCUT2D eigenvalue weighted by Gasteiger charge is 2.30. The Balaban J connectivity index is 1.69. The van der Waals surface area contributed by atoms with Crippen molar-refractivity contribution in [3.63, 3.8) is 0 Å². The quantitative estimate of drug-likeness (QED) is 0.297. The number of rotatable bonds is 6. The van der Waals surface area contributed by atoms with Gasteiger partial charge in [-0.2, -0.15) is 0 Å². The molecule has 1 unspecified atom stereocenters. The molecule has 1 aliphatic carbocycles. The van der Waals surface area contributed by atoms with Gasteiger partial charge in [0.25, 0.3) is 5.56 Å². The van der Waals surface area contributed by atoms with Crippen LogP contribution >= 0.6 is 23.4 Å². The molecule has 0 radical (unpaired) electrons. The topological polar surface area (TPSA) is 64.0 Å². The van der Waals surface area contributed by atoms with Crippen LogP contribution in [0.2, 0.25) is 5.02 Å². The number of fused-ring (bicyclic) bond motifs is 1. The number of carbonyl (C=O) groups excluding carboxylic acids is 1. The summed E-state index contributed by atoms with van der Waals surface area (Å²) in [4.78, 5) is 31.7. The minimum Gasteiger partial charge on any atom is -0.352 e.